The molecule has 0 atom stereocenters. The number of hydrogen-bond acceptors (Lipinski definition) is 4. The summed E-state index contributed by atoms with van der Waals surface area (Å²) in [4.78, 5) is 5.50. The zero-order chi connectivity index (χ0) is 18.3. The topological polar surface area (TPSA) is 65.2 Å². The number of H-pyrrole nitrogens is 1. The van der Waals surface area contributed by atoms with Crippen LogP contribution in [-0.2, 0) is 9.84 Å². The minimum Gasteiger partial charge on any atom is -0.368 e. The van der Waals surface area contributed by atoms with Gasteiger partial charge in [-0.25, -0.2) is 8.42 Å². The summed E-state index contributed by atoms with van der Waals surface area (Å²) in [5.41, 5.74) is 1.57. The van der Waals surface area contributed by atoms with Crippen molar-refractivity contribution in [1.29, 1.82) is 0 Å². The van der Waals surface area contributed by atoms with Crippen LogP contribution < -0.4 is 10.2 Å². The number of sulfone groups is 1. The van der Waals surface area contributed by atoms with E-state index in [2.05, 4.69) is 15.2 Å². The van der Waals surface area contributed by atoms with Gasteiger partial charge in [0.15, 0.2) is 0 Å². The highest BCUT2D eigenvalue weighted by Gasteiger charge is 2.24. The smallest absolute Gasteiger partial charge is 0.208 e. The number of nitrogens with zero attached hydrogens (tertiary/aromatic N) is 1. The molecule has 26 heavy (non-hydrogen) atoms. The minimum absolute atomic E-state index is 0.169. The van der Waals surface area contributed by atoms with Gasteiger partial charge in [-0.05, 0) is 36.4 Å². The first-order chi connectivity index (χ1) is 12.5. The summed E-state index contributed by atoms with van der Waals surface area (Å²) >= 11 is 12.5. The lowest BCUT2D eigenvalue weighted by atomic mass is 10.2. The molecule has 1 saturated heterocycles. The van der Waals surface area contributed by atoms with E-state index in [0.29, 0.717) is 15.4 Å². The first-order valence-electron chi connectivity index (χ1n) is 8.24. The molecular formula is C18H17Cl2N3O2S. The molecule has 0 spiro atoms. The van der Waals surface area contributed by atoms with E-state index in [1.807, 2.05) is 0 Å². The number of piperazine rings is 1. The molecule has 8 heteroatoms. The van der Waals surface area contributed by atoms with Crippen molar-refractivity contribution in [2.75, 3.05) is 31.1 Å². The Kier molecular flexibility index (Phi) is 4.61. The average Bonchev–Trinajstić information content (AvgIpc) is 3.06. The molecule has 0 amide bonds. The summed E-state index contributed by atoms with van der Waals surface area (Å²) in [6.45, 7) is 3.44. The van der Waals surface area contributed by atoms with Crippen molar-refractivity contribution in [3.8, 4) is 0 Å². The molecule has 0 radical (unpaired) electrons. The second-order valence-corrected chi connectivity index (χ2v) is 8.96. The average molecular weight is 410 g/mol. The van der Waals surface area contributed by atoms with Crippen LogP contribution in [0.4, 0.5) is 5.69 Å². The molecule has 1 fully saturated rings. The number of rotatable bonds is 3. The summed E-state index contributed by atoms with van der Waals surface area (Å²) in [7, 11) is -3.71. The molecule has 0 bridgehead atoms. The normalized spacial score (nSPS) is 15.5. The van der Waals surface area contributed by atoms with Crippen LogP contribution in [0.1, 0.15) is 0 Å². The Morgan fingerprint density at radius 3 is 2.50 bits per heavy atom. The molecule has 136 valence electrons. The van der Waals surface area contributed by atoms with Crippen molar-refractivity contribution in [3.63, 3.8) is 0 Å². The van der Waals surface area contributed by atoms with Gasteiger partial charge in [-0.2, -0.15) is 0 Å². The number of aromatic nitrogens is 1. The molecule has 0 aliphatic carbocycles. The zero-order valence-corrected chi connectivity index (χ0v) is 16.1. The van der Waals surface area contributed by atoms with E-state index < -0.39 is 9.84 Å². The fraction of sp³-hybridized carbons (Fsp3) is 0.222. The highest BCUT2D eigenvalue weighted by Crippen LogP contribution is 2.34. The molecule has 1 aliphatic heterocycles. The van der Waals surface area contributed by atoms with Gasteiger partial charge in [0.2, 0.25) is 9.84 Å². The largest absolute Gasteiger partial charge is 0.368 e. The molecule has 0 saturated carbocycles. The van der Waals surface area contributed by atoms with Crippen LogP contribution in [0.3, 0.4) is 0 Å². The number of halogens is 2. The first kappa shape index (κ1) is 17.7. The third kappa shape index (κ3) is 3.07. The predicted molar refractivity (Wildman–Crippen MR) is 105 cm³/mol. The third-order valence-electron chi connectivity index (χ3n) is 4.58. The second kappa shape index (κ2) is 6.78. The van der Waals surface area contributed by atoms with E-state index >= 15 is 0 Å². The molecule has 0 unspecified atom stereocenters. The molecule has 1 aliphatic rings. The first-order valence-corrected chi connectivity index (χ1v) is 10.5. The van der Waals surface area contributed by atoms with Crippen molar-refractivity contribution in [2.45, 2.75) is 9.79 Å². The Morgan fingerprint density at radius 1 is 1.00 bits per heavy atom. The lowest BCUT2D eigenvalue weighted by Gasteiger charge is -2.30. The van der Waals surface area contributed by atoms with E-state index in [1.165, 1.54) is 12.3 Å². The molecule has 1 aromatic heterocycles. The SMILES string of the molecule is O=S(=O)(c1ccc(N2CCNCC2)c(Cl)c1)c1c[nH]c2ccc(Cl)cc12. The Balaban J connectivity index is 1.76. The maximum atomic E-state index is 13.1. The Labute approximate surface area is 161 Å². The maximum absolute atomic E-state index is 13.1. The van der Waals surface area contributed by atoms with Crippen LogP contribution in [0, 0.1) is 0 Å². The Hall–Kier alpha value is -1.73. The van der Waals surface area contributed by atoms with Crippen molar-refractivity contribution < 1.29 is 8.42 Å². The summed E-state index contributed by atoms with van der Waals surface area (Å²) < 4.78 is 26.2. The summed E-state index contributed by atoms with van der Waals surface area (Å²) in [5.74, 6) is 0. The fourth-order valence-corrected chi connectivity index (χ4v) is 5.22. The predicted octanol–water partition coefficient (Wildman–Crippen LogP) is 3.72. The summed E-state index contributed by atoms with van der Waals surface area (Å²) in [6.07, 6.45) is 1.49. The van der Waals surface area contributed by atoms with E-state index in [0.717, 1.165) is 37.4 Å². The molecule has 4 rings (SSSR count). The van der Waals surface area contributed by atoms with E-state index in [9.17, 15) is 8.42 Å². The number of aromatic amines is 1. The van der Waals surface area contributed by atoms with Gasteiger partial charge in [0.05, 0.1) is 20.5 Å². The number of hydrogen-bond donors (Lipinski definition) is 2. The van der Waals surface area contributed by atoms with Crippen LogP contribution in [0.2, 0.25) is 10.0 Å². The fourth-order valence-electron chi connectivity index (χ4n) is 3.23. The minimum atomic E-state index is -3.71. The van der Waals surface area contributed by atoms with Gasteiger partial charge in [0.25, 0.3) is 0 Å². The number of anilines is 1. The van der Waals surface area contributed by atoms with Gasteiger partial charge in [-0.3, -0.25) is 0 Å². The second-order valence-electron chi connectivity index (χ2n) is 6.20. The van der Waals surface area contributed by atoms with Gasteiger partial charge in [0.1, 0.15) is 0 Å². The summed E-state index contributed by atoms with van der Waals surface area (Å²) in [5, 5.41) is 4.78. The van der Waals surface area contributed by atoms with Gasteiger partial charge in [0, 0.05) is 48.3 Å². The zero-order valence-electron chi connectivity index (χ0n) is 13.8. The van der Waals surface area contributed by atoms with Crippen LogP contribution in [-0.4, -0.2) is 39.6 Å². The monoisotopic (exact) mass is 409 g/mol. The van der Waals surface area contributed by atoms with Gasteiger partial charge >= 0.3 is 0 Å². The van der Waals surface area contributed by atoms with Gasteiger partial charge in [-0.1, -0.05) is 23.2 Å². The van der Waals surface area contributed by atoms with Crippen LogP contribution >= 0.6 is 23.2 Å². The van der Waals surface area contributed by atoms with Gasteiger partial charge in [-0.15, -0.1) is 0 Å². The van der Waals surface area contributed by atoms with Crippen molar-refractivity contribution >= 4 is 49.6 Å². The number of fused-ring (bicyclic) bond motifs is 1. The lowest BCUT2D eigenvalue weighted by Crippen LogP contribution is -2.43. The Morgan fingerprint density at radius 2 is 1.77 bits per heavy atom. The standard InChI is InChI=1S/C18H17Cl2N3O2S/c19-12-1-3-16-14(9-12)18(11-22-16)26(24,25)13-2-4-17(15(20)10-13)23-7-5-21-6-8-23/h1-4,9-11,21-22H,5-8H2. The van der Waals surface area contributed by atoms with Crippen molar-refractivity contribution in [3.05, 3.63) is 52.6 Å². The molecular weight excluding hydrogens is 393 g/mol. The molecule has 3 aromatic rings. The highest BCUT2D eigenvalue weighted by atomic mass is 35.5. The Bertz CT molecular complexity index is 1070. The molecule has 2 N–H and O–H groups in total. The quantitative estimate of drug-likeness (QED) is 0.691. The molecule has 5 nitrogen and oxygen atoms in total. The van der Waals surface area contributed by atoms with E-state index in [4.69, 9.17) is 23.2 Å². The van der Waals surface area contributed by atoms with E-state index in [1.54, 1.807) is 30.3 Å². The van der Waals surface area contributed by atoms with Crippen LogP contribution in [0.5, 0.6) is 0 Å². The number of nitrogens with one attached hydrogen (secondary N) is 2. The summed E-state index contributed by atoms with van der Waals surface area (Å²) in [6, 6.07) is 10.0. The van der Waals surface area contributed by atoms with Crippen molar-refractivity contribution in [1.82, 2.24) is 10.3 Å². The number of benzene rings is 2. The molecule has 2 aromatic carbocycles. The lowest BCUT2D eigenvalue weighted by molar-refractivity contribution is 0.588. The van der Waals surface area contributed by atoms with Gasteiger partial charge < -0.3 is 15.2 Å². The van der Waals surface area contributed by atoms with Crippen molar-refractivity contribution in [2.24, 2.45) is 0 Å². The van der Waals surface area contributed by atoms with E-state index in [-0.39, 0.29) is 9.79 Å². The van der Waals surface area contributed by atoms with Crippen LogP contribution in [0.25, 0.3) is 10.9 Å². The highest BCUT2D eigenvalue weighted by molar-refractivity contribution is 7.91. The third-order valence-corrected chi connectivity index (χ3v) is 6.91. The van der Waals surface area contributed by atoms with Crippen LogP contribution in [0.15, 0.2) is 52.4 Å². The maximum Gasteiger partial charge on any atom is 0.208 e. The molecule has 2 heterocycles.